The Labute approximate surface area is 170 Å². The standard InChI is InChI=1S/C21H21F2N3O4/c22-21(23)6-7-24(12-21)20(29)18-14-9-13(15-3-1-5-17(27)26(15)18)10-25(11-14)19(28)16-4-2-8-30-16/h1-5,8,13-14,18H,6-7,9-12H2/t13-,14+,18+/m0/s1. The molecule has 0 spiro atoms. The Kier molecular flexibility index (Phi) is 4.30. The van der Waals surface area contributed by atoms with E-state index in [-0.39, 0.29) is 48.6 Å². The van der Waals surface area contributed by atoms with Gasteiger partial charge in [0.25, 0.3) is 17.4 Å². The molecule has 0 radical (unpaired) electrons. The van der Waals surface area contributed by atoms with E-state index in [0.29, 0.717) is 18.7 Å². The number of rotatable bonds is 2. The Morgan fingerprint density at radius 3 is 2.63 bits per heavy atom. The van der Waals surface area contributed by atoms with Gasteiger partial charge in [0.05, 0.1) is 12.8 Å². The summed E-state index contributed by atoms with van der Waals surface area (Å²) in [5, 5.41) is 0. The molecule has 2 aromatic heterocycles. The predicted molar refractivity (Wildman–Crippen MR) is 101 cm³/mol. The number of amides is 2. The molecule has 9 heteroatoms. The summed E-state index contributed by atoms with van der Waals surface area (Å²) in [7, 11) is 0. The van der Waals surface area contributed by atoms with E-state index in [2.05, 4.69) is 0 Å². The highest BCUT2D eigenvalue weighted by Gasteiger charge is 2.49. The van der Waals surface area contributed by atoms with E-state index in [0.717, 1.165) is 4.90 Å². The van der Waals surface area contributed by atoms with Crippen molar-refractivity contribution in [1.29, 1.82) is 0 Å². The maximum absolute atomic E-state index is 13.7. The van der Waals surface area contributed by atoms with Crippen molar-refractivity contribution in [3.8, 4) is 0 Å². The molecule has 2 amide bonds. The molecule has 30 heavy (non-hydrogen) atoms. The van der Waals surface area contributed by atoms with Crippen molar-refractivity contribution in [2.45, 2.75) is 30.7 Å². The van der Waals surface area contributed by atoms with Crippen LogP contribution < -0.4 is 5.56 Å². The van der Waals surface area contributed by atoms with E-state index in [1.165, 1.54) is 16.9 Å². The van der Waals surface area contributed by atoms with Crippen LogP contribution in [-0.2, 0) is 4.79 Å². The lowest BCUT2D eigenvalue weighted by atomic mass is 9.78. The second-order valence-electron chi connectivity index (χ2n) is 8.35. The van der Waals surface area contributed by atoms with Gasteiger partial charge >= 0.3 is 0 Å². The van der Waals surface area contributed by atoms with E-state index >= 15 is 0 Å². The van der Waals surface area contributed by atoms with Crippen LogP contribution in [0.15, 0.2) is 45.8 Å². The minimum absolute atomic E-state index is 0.0373. The SMILES string of the molecule is O=C(c1ccco1)N1C[C@@H]2C[C@H](C1)[C@H](C(=O)N1CCC(F)(F)C1)n1c2cccc1=O. The maximum Gasteiger partial charge on any atom is 0.289 e. The van der Waals surface area contributed by atoms with Crippen LogP contribution in [0, 0.1) is 5.92 Å². The third-order valence-electron chi connectivity index (χ3n) is 6.40. The van der Waals surface area contributed by atoms with Gasteiger partial charge in [-0.2, -0.15) is 0 Å². The number of piperidine rings is 1. The largest absolute Gasteiger partial charge is 0.459 e. The lowest BCUT2D eigenvalue weighted by Gasteiger charge is -2.46. The summed E-state index contributed by atoms with van der Waals surface area (Å²) >= 11 is 0. The zero-order chi connectivity index (χ0) is 21.0. The number of hydrogen-bond donors (Lipinski definition) is 0. The first-order valence-electron chi connectivity index (χ1n) is 10.0. The Morgan fingerprint density at radius 2 is 1.93 bits per heavy atom. The molecule has 2 aromatic rings. The number of likely N-dealkylation sites (tertiary alicyclic amines) is 2. The number of carbonyl (C=O) groups excluding carboxylic acids is 2. The average Bonchev–Trinajstić information content (AvgIpc) is 3.37. The van der Waals surface area contributed by atoms with Gasteiger partial charge < -0.3 is 14.2 Å². The smallest absolute Gasteiger partial charge is 0.289 e. The van der Waals surface area contributed by atoms with E-state index in [1.807, 2.05) is 0 Å². The number of hydrogen-bond acceptors (Lipinski definition) is 4. The van der Waals surface area contributed by atoms with Crippen LogP contribution in [-0.4, -0.2) is 58.3 Å². The van der Waals surface area contributed by atoms with Crippen LogP contribution in [0.5, 0.6) is 0 Å². The zero-order valence-corrected chi connectivity index (χ0v) is 16.2. The number of carbonyl (C=O) groups is 2. The molecule has 5 heterocycles. The first-order valence-corrected chi connectivity index (χ1v) is 10.0. The van der Waals surface area contributed by atoms with Gasteiger partial charge in [-0.05, 0) is 24.6 Å². The summed E-state index contributed by atoms with van der Waals surface area (Å²) in [6.45, 7) is -0.00545. The molecule has 0 aromatic carbocycles. The quantitative estimate of drug-likeness (QED) is 0.750. The minimum Gasteiger partial charge on any atom is -0.459 e. The van der Waals surface area contributed by atoms with Crippen LogP contribution in [0.2, 0.25) is 0 Å². The number of halogens is 2. The summed E-state index contributed by atoms with van der Waals surface area (Å²) in [4.78, 5) is 41.7. The van der Waals surface area contributed by atoms with E-state index in [4.69, 9.17) is 4.42 Å². The number of furan rings is 1. The monoisotopic (exact) mass is 417 g/mol. The van der Waals surface area contributed by atoms with Crippen molar-refractivity contribution in [2.75, 3.05) is 26.2 Å². The van der Waals surface area contributed by atoms with Crippen LogP contribution in [0.25, 0.3) is 0 Å². The molecule has 2 fully saturated rings. The fraction of sp³-hybridized carbons (Fsp3) is 0.476. The maximum atomic E-state index is 13.7. The van der Waals surface area contributed by atoms with Gasteiger partial charge in [-0.3, -0.25) is 19.0 Å². The fourth-order valence-corrected chi connectivity index (χ4v) is 5.08. The van der Waals surface area contributed by atoms with Crippen LogP contribution in [0.4, 0.5) is 8.78 Å². The Balaban J connectivity index is 1.52. The Bertz CT molecular complexity index is 1050. The highest BCUT2D eigenvalue weighted by molar-refractivity contribution is 5.91. The van der Waals surface area contributed by atoms with Gasteiger partial charge in [-0.15, -0.1) is 0 Å². The van der Waals surface area contributed by atoms with Gasteiger partial charge in [0.15, 0.2) is 5.76 Å². The van der Waals surface area contributed by atoms with Gasteiger partial charge in [0, 0.05) is 49.7 Å². The third kappa shape index (κ3) is 3.03. The number of aromatic nitrogens is 1. The number of pyridine rings is 1. The lowest BCUT2D eigenvalue weighted by molar-refractivity contribution is -0.138. The van der Waals surface area contributed by atoms with Crippen LogP contribution in [0.1, 0.15) is 41.1 Å². The van der Waals surface area contributed by atoms with Crippen molar-refractivity contribution >= 4 is 11.8 Å². The van der Waals surface area contributed by atoms with Crippen molar-refractivity contribution in [3.63, 3.8) is 0 Å². The summed E-state index contributed by atoms with van der Waals surface area (Å²) in [5.74, 6) is -3.90. The predicted octanol–water partition coefficient (Wildman–Crippen LogP) is 2.11. The number of fused-ring (bicyclic) bond motifs is 4. The van der Waals surface area contributed by atoms with E-state index in [1.54, 1.807) is 29.2 Å². The molecule has 2 bridgehead atoms. The number of alkyl halides is 2. The van der Waals surface area contributed by atoms with Crippen molar-refractivity contribution in [2.24, 2.45) is 5.92 Å². The lowest BCUT2D eigenvalue weighted by Crippen LogP contribution is -2.54. The summed E-state index contributed by atoms with van der Waals surface area (Å²) in [6, 6.07) is 7.11. The third-order valence-corrected chi connectivity index (χ3v) is 6.40. The van der Waals surface area contributed by atoms with Crippen molar-refractivity contribution in [3.05, 3.63) is 58.4 Å². The van der Waals surface area contributed by atoms with E-state index < -0.39 is 24.4 Å². The highest BCUT2D eigenvalue weighted by atomic mass is 19.3. The molecule has 158 valence electrons. The minimum atomic E-state index is -2.91. The molecule has 7 nitrogen and oxygen atoms in total. The highest BCUT2D eigenvalue weighted by Crippen LogP contribution is 2.43. The second kappa shape index (κ2) is 6.78. The summed E-state index contributed by atoms with van der Waals surface area (Å²) < 4.78 is 34.2. The van der Waals surface area contributed by atoms with Gasteiger partial charge in [0.1, 0.15) is 6.04 Å². The molecule has 0 unspecified atom stereocenters. The van der Waals surface area contributed by atoms with Gasteiger partial charge in [0.2, 0.25) is 5.91 Å². The van der Waals surface area contributed by atoms with Gasteiger partial charge in [-0.1, -0.05) is 6.07 Å². The molecule has 0 aliphatic carbocycles. The molecule has 3 atom stereocenters. The van der Waals surface area contributed by atoms with E-state index in [9.17, 15) is 23.2 Å². The summed E-state index contributed by atoms with van der Waals surface area (Å²) in [6.07, 6.45) is 1.66. The van der Waals surface area contributed by atoms with Crippen molar-refractivity contribution < 1.29 is 22.8 Å². The molecule has 0 N–H and O–H groups in total. The molecular formula is C21H21F2N3O4. The zero-order valence-electron chi connectivity index (χ0n) is 16.2. The first-order chi connectivity index (χ1) is 14.3. The molecule has 2 saturated heterocycles. The first kappa shape index (κ1) is 19.0. The molecule has 0 saturated carbocycles. The summed E-state index contributed by atoms with van der Waals surface area (Å²) in [5.41, 5.74) is 0.345. The molecular weight excluding hydrogens is 396 g/mol. The second-order valence-corrected chi connectivity index (χ2v) is 8.35. The van der Waals surface area contributed by atoms with Crippen LogP contribution in [0.3, 0.4) is 0 Å². The van der Waals surface area contributed by atoms with Crippen LogP contribution >= 0.6 is 0 Å². The number of nitrogens with zero attached hydrogens (tertiary/aromatic N) is 3. The molecule has 3 aliphatic heterocycles. The topological polar surface area (TPSA) is 75.8 Å². The Hall–Kier alpha value is -2.97. The average molecular weight is 417 g/mol. The molecule has 3 aliphatic rings. The van der Waals surface area contributed by atoms with Crippen molar-refractivity contribution in [1.82, 2.24) is 14.4 Å². The Morgan fingerprint density at radius 1 is 1.10 bits per heavy atom. The van der Waals surface area contributed by atoms with Gasteiger partial charge in [-0.25, -0.2) is 8.78 Å². The molecule has 5 rings (SSSR count). The fourth-order valence-electron chi connectivity index (χ4n) is 5.08. The normalized spacial score (nSPS) is 27.1.